The Kier molecular flexibility index (Phi) is 7.23. The van der Waals surface area contributed by atoms with Gasteiger partial charge in [0, 0.05) is 31.6 Å². The van der Waals surface area contributed by atoms with Crippen LogP contribution in [0.5, 0.6) is 0 Å². The van der Waals surface area contributed by atoms with E-state index in [4.69, 9.17) is 22.2 Å². The van der Waals surface area contributed by atoms with Crippen molar-refractivity contribution in [1.29, 1.82) is 0 Å². The molecule has 1 saturated carbocycles. The first kappa shape index (κ1) is 23.2. The van der Waals surface area contributed by atoms with Crippen LogP contribution in [0.15, 0.2) is 48.5 Å². The number of aromatic nitrogens is 2. The fourth-order valence-corrected chi connectivity index (χ4v) is 4.63. The molecule has 0 bridgehead atoms. The number of nitrogens with one attached hydrogen (secondary N) is 3. The minimum atomic E-state index is -0.232. The van der Waals surface area contributed by atoms with Crippen LogP contribution in [0.4, 0.5) is 16.2 Å². The van der Waals surface area contributed by atoms with Crippen LogP contribution < -0.4 is 20.9 Å². The van der Waals surface area contributed by atoms with Crippen molar-refractivity contribution in [2.75, 3.05) is 24.3 Å². The molecule has 1 atom stereocenters. The van der Waals surface area contributed by atoms with Gasteiger partial charge in [0.15, 0.2) is 5.11 Å². The van der Waals surface area contributed by atoms with Gasteiger partial charge in [-0.2, -0.15) is 4.98 Å². The standard InChI is InChI=1S/C25H31FN6S/c1-16(17-8-10-18(26)11-9-17)27-25(33)29-20-14-12-19(13-15-20)28-24-30-22-7-5-4-6-21(22)23(31-24)32(2)3/h4-11,16,19-20H,12-15H2,1-3H3,(H2,27,29,33)(H,28,30,31). The van der Waals surface area contributed by atoms with Gasteiger partial charge in [-0.1, -0.05) is 24.3 Å². The van der Waals surface area contributed by atoms with Crippen LogP contribution in [-0.2, 0) is 0 Å². The molecule has 4 rings (SSSR count). The molecular formula is C25H31FN6S. The number of para-hydroxylation sites is 1. The van der Waals surface area contributed by atoms with E-state index in [0.717, 1.165) is 48.0 Å². The van der Waals surface area contributed by atoms with E-state index >= 15 is 0 Å². The van der Waals surface area contributed by atoms with Gasteiger partial charge in [-0.25, -0.2) is 9.37 Å². The Morgan fingerprint density at radius 3 is 2.36 bits per heavy atom. The minimum absolute atomic E-state index is 0.0135. The lowest BCUT2D eigenvalue weighted by atomic mass is 9.91. The van der Waals surface area contributed by atoms with E-state index in [-0.39, 0.29) is 11.9 Å². The van der Waals surface area contributed by atoms with Crippen molar-refractivity contribution in [2.45, 2.75) is 50.7 Å². The molecule has 8 heteroatoms. The number of hydrogen-bond donors (Lipinski definition) is 3. The number of halogens is 1. The molecule has 33 heavy (non-hydrogen) atoms. The van der Waals surface area contributed by atoms with Crippen molar-refractivity contribution < 1.29 is 4.39 Å². The average molecular weight is 467 g/mol. The molecule has 3 N–H and O–H groups in total. The highest BCUT2D eigenvalue weighted by Crippen LogP contribution is 2.26. The molecule has 0 radical (unpaired) electrons. The van der Waals surface area contributed by atoms with Crippen molar-refractivity contribution in [1.82, 2.24) is 20.6 Å². The fraction of sp³-hybridized carbons (Fsp3) is 0.400. The largest absolute Gasteiger partial charge is 0.362 e. The summed E-state index contributed by atoms with van der Waals surface area (Å²) in [5, 5.41) is 12.0. The third-order valence-corrected chi connectivity index (χ3v) is 6.36. The summed E-state index contributed by atoms with van der Waals surface area (Å²) < 4.78 is 13.1. The number of thiocarbonyl (C=S) groups is 1. The van der Waals surface area contributed by atoms with Gasteiger partial charge < -0.3 is 20.9 Å². The second-order valence-corrected chi connectivity index (χ2v) is 9.27. The van der Waals surface area contributed by atoms with Crippen LogP contribution in [0, 0.1) is 5.82 Å². The summed E-state index contributed by atoms with van der Waals surface area (Å²) in [6.45, 7) is 2.02. The molecule has 1 aliphatic rings. The lowest BCUT2D eigenvalue weighted by Crippen LogP contribution is -2.45. The third-order valence-electron chi connectivity index (χ3n) is 6.12. The second-order valence-electron chi connectivity index (χ2n) is 8.87. The highest BCUT2D eigenvalue weighted by atomic mass is 32.1. The van der Waals surface area contributed by atoms with E-state index in [1.165, 1.54) is 12.1 Å². The van der Waals surface area contributed by atoms with Crippen LogP contribution in [0.3, 0.4) is 0 Å². The first-order valence-corrected chi connectivity index (χ1v) is 11.8. The second kappa shape index (κ2) is 10.3. The summed E-state index contributed by atoms with van der Waals surface area (Å²) >= 11 is 5.52. The Morgan fingerprint density at radius 1 is 1.00 bits per heavy atom. The molecule has 3 aromatic rings. The summed E-state index contributed by atoms with van der Waals surface area (Å²) in [7, 11) is 4.01. The molecule has 0 amide bonds. The van der Waals surface area contributed by atoms with Gasteiger partial charge in [0.2, 0.25) is 5.95 Å². The molecule has 6 nitrogen and oxygen atoms in total. The van der Waals surface area contributed by atoms with Gasteiger partial charge in [-0.05, 0) is 74.7 Å². The van der Waals surface area contributed by atoms with E-state index in [0.29, 0.717) is 23.1 Å². The van der Waals surface area contributed by atoms with Crippen molar-refractivity contribution in [3.05, 3.63) is 59.9 Å². The Morgan fingerprint density at radius 2 is 1.67 bits per heavy atom. The molecule has 0 spiro atoms. The maximum atomic E-state index is 13.1. The predicted octanol–water partition coefficient (Wildman–Crippen LogP) is 4.78. The average Bonchev–Trinajstić information content (AvgIpc) is 2.80. The minimum Gasteiger partial charge on any atom is -0.362 e. The molecular weight excluding hydrogens is 435 g/mol. The number of hydrogen-bond acceptors (Lipinski definition) is 5. The number of fused-ring (bicyclic) bond motifs is 1. The smallest absolute Gasteiger partial charge is 0.225 e. The lowest BCUT2D eigenvalue weighted by molar-refractivity contribution is 0.384. The summed E-state index contributed by atoms with van der Waals surface area (Å²) in [4.78, 5) is 11.5. The monoisotopic (exact) mass is 466 g/mol. The zero-order valence-corrected chi connectivity index (χ0v) is 20.1. The normalized spacial score (nSPS) is 19.0. The van der Waals surface area contributed by atoms with Crippen LogP contribution in [0.1, 0.15) is 44.2 Å². The fourth-order valence-electron chi connectivity index (χ4n) is 4.29. The molecule has 1 unspecified atom stereocenters. The lowest BCUT2D eigenvalue weighted by Gasteiger charge is -2.31. The van der Waals surface area contributed by atoms with E-state index in [1.54, 1.807) is 12.1 Å². The van der Waals surface area contributed by atoms with Gasteiger partial charge in [0.25, 0.3) is 0 Å². The van der Waals surface area contributed by atoms with Crippen molar-refractivity contribution in [2.24, 2.45) is 0 Å². The maximum Gasteiger partial charge on any atom is 0.225 e. The molecule has 1 aliphatic carbocycles. The van der Waals surface area contributed by atoms with E-state index in [9.17, 15) is 4.39 Å². The topological polar surface area (TPSA) is 65.1 Å². The van der Waals surface area contributed by atoms with E-state index in [1.807, 2.05) is 44.1 Å². The first-order chi connectivity index (χ1) is 15.9. The van der Waals surface area contributed by atoms with Gasteiger partial charge in [-0.15, -0.1) is 0 Å². The Balaban J connectivity index is 1.29. The maximum absolute atomic E-state index is 13.1. The van der Waals surface area contributed by atoms with Crippen LogP contribution in [-0.4, -0.2) is 41.3 Å². The summed E-state index contributed by atoms with van der Waals surface area (Å²) in [5.41, 5.74) is 1.95. The third kappa shape index (κ3) is 5.87. The number of rotatable bonds is 6. The number of anilines is 2. The first-order valence-electron chi connectivity index (χ1n) is 11.4. The zero-order valence-electron chi connectivity index (χ0n) is 19.3. The summed E-state index contributed by atoms with van der Waals surface area (Å²) in [6, 6.07) is 15.3. The summed E-state index contributed by atoms with van der Waals surface area (Å²) in [5.74, 6) is 1.37. The number of nitrogens with zero attached hydrogens (tertiary/aromatic N) is 3. The van der Waals surface area contributed by atoms with Crippen molar-refractivity contribution >= 4 is 40.0 Å². The zero-order chi connectivity index (χ0) is 23.4. The van der Waals surface area contributed by atoms with Gasteiger partial charge in [-0.3, -0.25) is 0 Å². The quantitative estimate of drug-likeness (QED) is 0.452. The SMILES string of the molecule is CC(NC(=S)NC1CCC(Nc2nc(N(C)C)c3ccccc3n2)CC1)c1ccc(F)cc1. The van der Waals surface area contributed by atoms with Crippen molar-refractivity contribution in [3.8, 4) is 0 Å². The van der Waals surface area contributed by atoms with Gasteiger partial charge in [0.1, 0.15) is 11.6 Å². The van der Waals surface area contributed by atoms with Gasteiger partial charge in [0.05, 0.1) is 11.6 Å². The van der Waals surface area contributed by atoms with E-state index < -0.39 is 0 Å². The molecule has 174 valence electrons. The van der Waals surface area contributed by atoms with Crippen LogP contribution >= 0.6 is 12.2 Å². The van der Waals surface area contributed by atoms with Crippen molar-refractivity contribution in [3.63, 3.8) is 0 Å². The molecule has 1 fully saturated rings. The van der Waals surface area contributed by atoms with Crippen LogP contribution in [0.2, 0.25) is 0 Å². The molecule has 0 aliphatic heterocycles. The Labute approximate surface area is 200 Å². The highest BCUT2D eigenvalue weighted by Gasteiger charge is 2.23. The molecule has 1 heterocycles. The predicted molar refractivity (Wildman–Crippen MR) is 137 cm³/mol. The molecule has 0 saturated heterocycles. The van der Waals surface area contributed by atoms with Gasteiger partial charge >= 0.3 is 0 Å². The van der Waals surface area contributed by atoms with E-state index in [2.05, 4.69) is 22.0 Å². The summed E-state index contributed by atoms with van der Waals surface area (Å²) in [6.07, 6.45) is 4.06. The Bertz CT molecular complexity index is 1100. The Hall–Kier alpha value is -3.00. The molecule has 2 aromatic carbocycles. The van der Waals surface area contributed by atoms with Crippen LogP contribution in [0.25, 0.3) is 10.9 Å². The number of benzene rings is 2. The molecule has 1 aromatic heterocycles. The highest BCUT2D eigenvalue weighted by molar-refractivity contribution is 7.80.